The molecule has 0 aromatic heterocycles. The average molecular weight is 459 g/mol. The van der Waals surface area contributed by atoms with Crippen LogP contribution >= 0.6 is 15.9 Å². The van der Waals surface area contributed by atoms with E-state index in [1.54, 1.807) is 4.90 Å². The van der Waals surface area contributed by atoms with E-state index in [4.69, 9.17) is 0 Å². The summed E-state index contributed by atoms with van der Waals surface area (Å²) in [5.74, 6) is -0.127. The molecule has 2 aromatic carbocycles. The number of amides is 2. The van der Waals surface area contributed by atoms with E-state index >= 15 is 0 Å². The molecule has 0 aliphatic heterocycles. The first-order valence-corrected chi connectivity index (χ1v) is 10.9. The maximum atomic E-state index is 13.3. The fourth-order valence-electron chi connectivity index (χ4n) is 3.20. The second kappa shape index (κ2) is 10.6. The molecule has 0 aliphatic rings. The number of nitrogens with one attached hydrogen (secondary N) is 1. The van der Waals surface area contributed by atoms with Crippen LogP contribution in [0.1, 0.15) is 51.7 Å². The van der Waals surface area contributed by atoms with Crippen LogP contribution in [0.4, 0.5) is 0 Å². The highest BCUT2D eigenvalue weighted by Crippen LogP contribution is 2.19. The quantitative estimate of drug-likeness (QED) is 0.597. The average Bonchev–Trinajstić information content (AvgIpc) is 2.64. The highest BCUT2D eigenvalue weighted by molar-refractivity contribution is 9.10. The highest BCUT2D eigenvalue weighted by Gasteiger charge is 2.31. The van der Waals surface area contributed by atoms with Gasteiger partial charge in [0.2, 0.25) is 11.8 Å². The zero-order chi connectivity index (χ0) is 21.4. The van der Waals surface area contributed by atoms with Gasteiger partial charge in [0.15, 0.2) is 0 Å². The van der Waals surface area contributed by atoms with Gasteiger partial charge in [-0.3, -0.25) is 9.59 Å². The van der Waals surface area contributed by atoms with Gasteiger partial charge >= 0.3 is 0 Å². The van der Waals surface area contributed by atoms with Crippen molar-refractivity contribution in [2.24, 2.45) is 0 Å². The normalized spacial score (nSPS) is 12.3. The van der Waals surface area contributed by atoms with Crippen LogP contribution in [0.5, 0.6) is 0 Å². The lowest BCUT2D eigenvalue weighted by atomic mass is 10.0. The van der Waals surface area contributed by atoms with E-state index in [2.05, 4.69) is 21.2 Å². The molecule has 4 nitrogen and oxygen atoms in total. The predicted octanol–water partition coefficient (Wildman–Crippen LogP) is 5.10. The summed E-state index contributed by atoms with van der Waals surface area (Å²) >= 11 is 3.50. The standard InChI is InChI=1S/C24H31BrN2O2/c1-5-10-22(28)27(17-19-13-9-14-20(25)15-19)21(23(29)26-24(2,3)4)16-18-11-7-6-8-12-18/h6-9,11-15,21H,5,10,16-17H2,1-4H3,(H,26,29). The Morgan fingerprint density at radius 2 is 1.69 bits per heavy atom. The van der Waals surface area contributed by atoms with Gasteiger partial charge < -0.3 is 10.2 Å². The smallest absolute Gasteiger partial charge is 0.243 e. The van der Waals surface area contributed by atoms with E-state index in [1.807, 2.05) is 82.3 Å². The third-order valence-electron chi connectivity index (χ3n) is 4.48. The number of halogens is 1. The van der Waals surface area contributed by atoms with Crippen molar-refractivity contribution >= 4 is 27.7 Å². The van der Waals surface area contributed by atoms with Gasteiger partial charge in [-0.2, -0.15) is 0 Å². The first kappa shape index (κ1) is 23.1. The van der Waals surface area contributed by atoms with Crippen molar-refractivity contribution in [3.8, 4) is 0 Å². The molecule has 0 spiro atoms. The maximum Gasteiger partial charge on any atom is 0.243 e. The minimum Gasteiger partial charge on any atom is -0.350 e. The molecule has 5 heteroatoms. The van der Waals surface area contributed by atoms with Gasteiger partial charge in [-0.15, -0.1) is 0 Å². The zero-order valence-electron chi connectivity index (χ0n) is 17.7. The van der Waals surface area contributed by atoms with Crippen LogP contribution in [0, 0.1) is 0 Å². The van der Waals surface area contributed by atoms with Crippen molar-refractivity contribution < 1.29 is 9.59 Å². The van der Waals surface area contributed by atoms with Crippen molar-refractivity contribution in [3.63, 3.8) is 0 Å². The van der Waals surface area contributed by atoms with Crippen LogP contribution in [0.25, 0.3) is 0 Å². The summed E-state index contributed by atoms with van der Waals surface area (Å²) < 4.78 is 0.955. The molecule has 1 N–H and O–H groups in total. The van der Waals surface area contributed by atoms with Gasteiger partial charge in [-0.1, -0.05) is 65.3 Å². The molecular weight excluding hydrogens is 428 g/mol. The number of rotatable bonds is 8. The molecule has 0 saturated heterocycles. The molecule has 1 unspecified atom stereocenters. The van der Waals surface area contributed by atoms with E-state index in [1.165, 1.54) is 0 Å². The lowest BCUT2D eigenvalue weighted by Crippen LogP contribution is -2.54. The molecule has 0 bridgehead atoms. The molecule has 156 valence electrons. The summed E-state index contributed by atoms with van der Waals surface area (Å²) in [6, 6.07) is 17.2. The summed E-state index contributed by atoms with van der Waals surface area (Å²) in [5.41, 5.74) is 1.65. The second-order valence-electron chi connectivity index (χ2n) is 8.35. The second-order valence-corrected chi connectivity index (χ2v) is 9.26. The number of carbonyl (C=O) groups excluding carboxylic acids is 2. The van der Waals surface area contributed by atoms with Gasteiger partial charge in [0.05, 0.1) is 0 Å². The van der Waals surface area contributed by atoms with Crippen LogP contribution in [0.3, 0.4) is 0 Å². The molecule has 1 atom stereocenters. The van der Waals surface area contributed by atoms with Crippen molar-refractivity contribution in [2.45, 2.75) is 65.1 Å². The van der Waals surface area contributed by atoms with E-state index < -0.39 is 6.04 Å². The van der Waals surface area contributed by atoms with Crippen molar-refractivity contribution in [1.29, 1.82) is 0 Å². The molecule has 0 aliphatic carbocycles. The Balaban J connectivity index is 2.40. The van der Waals surface area contributed by atoms with Crippen LogP contribution in [0.15, 0.2) is 59.1 Å². The first-order chi connectivity index (χ1) is 13.7. The number of carbonyl (C=O) groups is 2. The number of benzene rings is 2. The molecule has 29 heavy (non-hydrogen) atoms. The summed E-state index contributed by atoms with van der Waals surface area (Å²) in [6.07, 6.45) is 1.64. The van der Waals surface area contributed by atoms with Gasteiger partial charge in [-0.25, -0.2) is 0 Å². The van der Waals surface area contributed by atoms with Crippen molar-refractivity contribution in [2.75, 3.05) is 0 Å². The van der Waals surface area contributed by atoms with E-state index in [0.717, 1.165) is 22.0 Å². The summed E-state index contributed by atoms with van der Waals surface area (Å²) in [5, 5.41) is 3.07. The van der Waals surface area contributed by atoms with Crippen LogP contribution in [-0.2, 0) is 22.6 Å². The van der Waals surface area contributed by atoms with Gasteiger partial charge in [0.1, 0.15) is 6.04 Å². The summed E-state index contributed by atoms with van der Waals surface area (Å²) in [7, 11) is 0. The van der Waals surface area contributed by atoms with Crippen molar-refractivity contribution in [1.82, 2.24) is 10.2 Å². The summed E-state index contributed by atoms with van der Waals surface area (Å²) in [6.45, 7) is 8.24. The minimum absolute atomic E-state index is 0.00235. The fraction of sp³-hybridized carbons (Fsp3) is 0.417. The van der Waals surface area contributed by atoms with Crippen LogP contribution < -0.4 is 5.32 Å². The Morgan fingerprint density at radius 1 is 1.03 bits per heavy atom. The van der Waals surface area contributed by atoms with Gasteiger partial charge in [0, 0.05) is 29.4 Å². The number of hydrogen-bond acceptors (Lipinski definition) is 2. The first-order valence-electron chi connectivity index (χ1n) is 10.1. The Hall–Kier alpha value is -2.14. The Kier molecular flexibility index (Phi) is 8.45. The Bertz CT molecular complexity index is 815. The minimum atomic E-state index is -0.574. The van der Waals surface area contributed by atoms with Gasteiger partial charge in [0.25, 0.3) is 0 Å². The molecule has 0 radical (unpaired) electrons. The maximum absolute atomic E-state index is 13.3. The van der Waals surface area contributed by atoms with Gasteiger partial charge in [-0.05, 0) is 50.5 Å². The molecule has 2 rings (SSSR count). The SMILES string of the molecule is CCCC(=O)N(Cc1cccc(Br)c1)C(Cc1ccccc1)C(=O)NC(C)(C)C. The van der Waals surface area contributed by atoms with E-state index in [-0.39, 0.29) is 17.4 Å². The largest absolute Gasteiger partial charge is 0.350 e. The topological polar surface area (TPSA) is 49.4 Å². The third-order valence-corrected chi connectivity index (χ3v) is 4.97. The fourth-order valence-corrected chi connectivity index (χ4v) is 3.64. The Labute approximate surface area is 182 Å². The number of nitrogens with zero attached hydrogens (tertiary/aromatic N) is 1. The van der Waals surface area contributed by atoms with Crippen LogP contribution in [-0.4, -0.2) is 28.3 Å². The molecule has 0 saturated carbocycles. The Morgan fingerprint density at radius 3 is 2.28 bits per heavy atom. The third kappa shape index (κ3) is 7.65. The van der Waals surface area contributed by atoms with E-state index in [9.17, 15) is 9.59 Å². The zero-order valence-corrected chi connectivity index (χ0v) is 19.3. The lowest BCUT2D eigenvalue weighted by molar-refractivity contribution is -0.142. The predicted molar refractivity (Wildman–Crippen MR) is 121 cm³/mol. The van der Waals surface area contributed by atoms with Crippen LogP contribution in [0.2, 0.25) is 0 Å². The number of hydrogen-bond donors (Lipinski definition) is 1. The highest BCUT2D eigenvalue weighted by atomic mass is 79.9. The molecule has 2 aromatic rings. The molecule has 2 amide bonds. The molecular formula is C24H31BrN2O2. The molecule has 0 heterocycles. The van der Waals surface area contributed by atoms with Crippen molar-refractivity contribution in [3.05, 3.63) is 70.2 Å². The monoisotopic (exact) mass is 458 g/mol. The molecule has 0 fully saturated rings. The summed E-state index contributed by atoms with van der Waals surface area (Å²) in [4.78, 5) is 28.1. The lowest BCUT2D eigenvalue weighted by Gasteiger charge is -2.34. The van der Waals surface area contributed by atoms with E-state index in [0.29, 0.717) is 19.4 Å².